The second kappa shape index (κ2) is 10.2. The van der Waals surface area contributed by atoms with Gasteiger partial charge in [-0.2, -0.15) is 0 Å². The van der Waals surface area contributed by atoms with E-state index in [-0.39, 0.29) is 31.5 Å². The van der Waals surface area contributed by atoms with E-state index >= 15 is 0 Å². The summed E-state index contributed by atoms with van der Waals surface area (Å²) in [7, 11) is 0. The molecule has 4 rings (SSSR count). The molecule has 2 atom stereocenters. The van der Waals surface area contributed by atoms with Gasteiger partial charge in [0.1, 0.15) is 6.61 Å². The Kier molecular flexibility index (Phi) is 6.91. The Labute approximate surface area is 191 Å². The van der Waals surface area contributed by atoms with Crippen LogP contribution in [0.2, 0.25) is 0 Å². The van der Waals surface area contributed by atoms with Gasteiger partial charge in [-0.15, -0.1) is 0 Å². The van der Waals surface area contributed by atoms with Crippen molar-refractivity contribution in [3.05, 3.63) is 59.7 Å². The highest BCUT2D eigenvalue weighted by Crippen LogP contribution is 2.44. The Bertz CT molecular complexity index is 1070. The third-order valence-electron chi connectivity index (χ3n) is 5.85. The summed E-state index contributed by atoms with van der Waals surface area (Å²) in [6.45, 7) is 0.674. The van der Waals surface area contributed by atoms with Gasteiger partial charge in [0.2, 0.25) is 0 Å². The van der Waals surface area contributed by atoms with Crippen LogP contribution in [-0.4, -0.2) is 55.5 Å². The van der Waals surface area contributed by atoms with Crippen molar-refractivity contribution < 1.29 is 29.0 Å². The zero-order valence-electron chi connectivity index (χ0n) is 17.9. The number of hydrogen-bond donors (Lipinski definition) is 3. The monoisotopic (exact) mass is 448 g/mol. The number of carboxylic acids is 1. The number of benzene rings is 2. The van der Waals surface area contributed by atoms with Crippen molar-refractivity contribution in [2.75, 3.05) is 26.3 Å². The molecule has 8 nitrogen and oxygen atoms in total. The Morgan fingerprint density at radius 2 is 1.70 bits per heavy atom. The maximum absolute atomic E-state index is 12.1. The SMILES string of the molecule is O=C(C#CCNC(=O)OCC1c2ccccc2-c2ccccc21)NCC1CCOC1C(=O)O. The third-order valence-corrected chi connectivity index (χ3v) is 5.85. The molecule has 2 aromatic carbocycles. The third kappa shape index (κ3) is 5.16. The molecule has 8 heteroatoms. The van der Waals surface area contributed by atoms with E-state index in [4.69, 9.17) is 14.6 Å². The van der Waals surface area contributed by atoms with Gasteiger partial charge in [0.15, 0.2) is 6.10 Å². The minimum atomic E-state index is -1.04. The zero-order valence-corrected chi connectivity index (χ0v) is 17.9. The number of ether oxygens (including phenoxy) is 2. The molecule has 2 aliphatic rings. The maximum atomic E-state index is 12.1. The summed E-state index contributed by atoms with van der Waals surface area (Å²) in [6.07, 6.45) is -0.957. The lowest BCUT2D eigenvalue weighted by Crippen LogP contribution is -2.36. The van der Waals surface area contributed by atoms with Crippen LogP contribution >= 0.6 is 0 Å². The number of carbonyl (C=O) groups is 3. The summed E-state index contributed by atoms with van der Waals surface area (Å²) in [5, 5.41) is 14.2. The van der Waals surface area contributed by atoms with Crippen molar-refractivity contribution in [1.29, 1.82) is 0 Å². The number of fused-ring (bicyclic) bond motifs is 3. The Morgan fingerprint density at radius 3 is 2.36 bits per heavy atom. The molecular weight excluding hydrogens is 424 g/mol. The predicted molar refractivity (Wildman–Crippen MR) is 119 cm³/mol. The molecule has 0 aromatic heterocycles. The van der Waals surface area contributed by atoms with Crippen LogP contribution < -0.4 is 10.6 Å². The fraction of sp³-hybridized carbons (Fsp3) is 0.320. The molecule has 0 saturated carbocycles. The Morgan fingerprint density at radius 1 is 1.03 bits per heavy atom. The zero-order chi connectivity index (χ0) is 23.2. The molecule has 1 saturated heterocycles. The molecule has 0 radical (unpaired) electrons. The number of carbonyl (C=O) groups excluding carboxylic acids is 2. The number of amides is 2. The number of nitrogens with one attached hydrogen (secondary N) is 2. The summed E-state index contributed by atoms with van der Waals surface area (Å²) < 4.78 is 10.5. The van der Waals surface area contributed by atoms with Gasteiger partial charge in [-0.05, 0) is 34.6 Å². The standard InChI is InChI=1S/C25H24N2O6/c28-22(27-14-16-11-13-32-23(16)24(29)30)10-5-12-26-25(31)33-15-21-19-8-3-1-6-17(19)18-7-2-4-9-20(18)21/h1-4,6-9,16,21,23H,11-15H2,(H,26,31)(H,27,28)(H,29,30). The van der Waals surface area contributed by atoms with Crippen molar-refractivity contribution in [3.63, 3.8) is 0 Å². The first-order valence-electron chi connectivity index (χ1n) is 10.7. The van der Waals surface area contributed by atoms with Gasteiger partial charge < -0.3 is 25.2 Å². The Balaban J connectivity index is 1.21. The van der Waals surface area contributed by atoms with Crippen LogP contribution in [0.4, 0.5) is 4.79 Å². The number of carboxylic acid groups (broad SMARTS) is 1. The maximum Gasteiger partial charge on any atom is 0.407 e. The molecule has 2 aromatic rings. The van der Waals surface area contributed by atoms with Crippen LogP contribution in [0.5, 0.6) is 0 Å². The fourth-order valence-electron chi connectivity index (χ4n) is 4.27. The quantitative estimate of drug-likeness (QED) is 0.584. The van der Waals surface area contributed by atoms with Gasteiger partial charge in [0.05, 0.1) is 6.54 Å². The number of aliphatic carboxylic acids is 1. The molecular formula is C25H24N2O6. The van der Waals surface area contributed by atoms with Crippen LogP contribution in [-0.2, 0) is 19.1 Å². The van der Waals surface area contributed by atoms with Crippen LogP contribution in [0.3, 0.4) is 0 Å². The van der Waals surface area contributed by atoms with E-state index in [0.717, 1.165) is 22.3 Å². The van der Waals surface area contributed by atoms with E-state index < -0.39 is 24.1 Å². The molecule has 2 amide bonds. The first-order chi connectivity index (χ1) is 16.0. The predicted octanol–water partition coefficient (Wildman–Crippen LogP) is 2.13. The lowest BCUT2D eigenvalue weighted by Gasteiger charge is -2.14. The second-order valence-electron chi connectivity index (χ2n) is 7.87. The molecule has 3 N–H and O–H groups in total. The molecule has 170 valence electrons. The molecule has 0 bridgehead atoms. The van der Waals surface area contributed by atoms with Crippen LogP contribution in [0, 0.1) is 17.8 Å². The van der Waals surface area contributed by atoms with Crippen LogP contribution in [0.25, 0.3) is 11.1 Å². The van der Waals surface area contributed by atoms with E-state index in [0.29, 0.717) is 13.0 Å². The first kappa shape index (κ1) is 22.4. The number of hydrogen-bond acceptors (Lipinski definition) is 5. The average molecular weight is 448 g/mol. The lowest BCUT2D eigenvalue weighted by molar-refractivity contribution is -0.149. The van der Waals surface area contributed by atoms with Crippen molar-refractivity contribution in [3.8, 4) is 23.0 Å². The lowest BCUT2D eigenvalue weighted by atomic mass is 9.98. The molecule has 2 unspecified atom stereocenters. The Hall–Kier alpha value is -3.83. The summed E-state index contributed by atoms with van der Waals surface area (Å²) in [4.78, 5) is 35.0. The number of rotatable bonds is 6. The molecule has 0 spiro atoms. The summed E-state index contributed by atoms with van der Waals surface area (Å²) in [5.74, 6) is 3.04. The van der Waals surface area contributed by atoms with Crippen LogP contribution in [0.1, 0.15) is 23.5 Å². The summed E-state index contributed by atoms with van der Waals surface area (Å²) in [5.41, 5.74) is 4.55. The highest BCUT2D eigenvalue weighted by atomic mass is 16.5. The minimum Gasteiger partial charge on any atom is -0.479 e. The molecule has 1 heterocycles. The largest absolute Gasteiger partial charge is 0.479 e. The van der Waals surface area contributed by atoms with Crippen molar-refractivity contribution in [1.82, 2.24) is 10.6 Å². The molecule has 1 aliphatic carbocycles. The second-order valence-corrected chi connectivity index (χ2v) is 7.87. The van der Waals surface area contributed by atoms with Gasteiger partial charge in [-0.3, -0.25) is 4.79 Å². The molecule has 33 heavy (non-hydrogen) atoms. The van der Waals surface area contributed by atoms with Crippen molar-refractivity contribution in [2.24, 2.45) is 5.92 Å². The van der Waals surface area contributed by atoms with Gasteiger partial charge in [-0.25, -0.2) is 9.59 Å². The first-order valence-corrected chi connectivity index (χ1v) is 10.7. The topological polar surface area (TPSA) is 114 Å². The van der Waals surface area contributed by atoms with E-state index in [1.54, 1.807) is 0 Å². The van der Waals surface area contributed by atoms with E-state index in [1.165, 1.54) is 0 Å². The van der Waals surface area contributed by atoms with Gasteiger partial charge >= 0.3 is 12.1 Å². The number of alkyl carbamates (subject to hydrolysis) is 1. The van der Waals surface area contributed by atoms with Gasteiger partial charge in [0, 0.05) is 25.0 Å². The molecule has 1 aliphatic heterocycles. The fourth-order valence-corrected chi connectivity index (χ4v) is 4.27. The highest BCUT2D eigenvalue weighted by molar-refractivity contribution is 5.93. The highest BCUT2D eigenvalue weighted by Gasteiger charge is 2.34. The van der Waals surface area contributed by atoms with Crippen LogP contribution in [0.15, 0.2) is 48.5 Å². The minimum absolute atomic E-state index is 0.0331. The van der Waals surface area contributed by atoms with E-state index in [9.17, 15) is 14.4 Å². The normalized spacial score (nSPS) is 18.4. The van der Waals surface area contributed by atoms with E-state index in [2.05, 4.69) is 34.6 Å². The smallest absolute Gasteiger partial charge is 0.407 e. The van der Waals surface area contributed by atoms with Gasteiger partial charge in [0.25, 0.3) is 5.91 Å². The van der Waals surface area contributed by atoms with Gasteiger partial charge in [-0.1, -0.05) is 54.5 Å². The van der Waals surface area contributed by atoms with Crippen molar-refractivity contribution >= 4 is 18.0 Å². The van der Waals surface area contributed by atoms with Crippen molar-refractivity contribution in [2.45, 2.75) is 18.4 Å². The van der Waals surface area contributed by atoms with E-state index in [1.807, 2.05) is 36.4 Å². The summed E-state index contributed by atoms with van der Waals surface area (Å²) >= 11 is 0. The summed E-state index contributed by atoms with van der Waals surface area (Å²) in [6, 6.07) is 16.1. The molecule has 1 fully saturated rings. The average Bonchev–Trinajstić information content (AvgIpc) is 3.42.